The van der Waals surface area contributed by atoms with Crippen molar-refractivity contribution >= 4 is 0 Å². The Kier molecular flexibility index (Phi) is 6.54. The van der Waals surface area contributed by atoms with E-state index in [9.17, 15) is 0 Å². The van der Waals surface area contributed by atoms with Gasteiger partial charge in [-0.2, -0.15) is 0 Å². The quantitative estimate of drug-likeness (QED) is 0.632. The maximum absolute atomic E-state index is 3.82. The first kappa shape index (κ1) is 15.0. The van der Waals surface area contributed by atoms with Gasteiger partial charge in [0.2, 0.25) is 0 Å². The van der Waals surface area contributed by atoms with Gasteiger partial charge in [0.15, 0.2) is 0 Å². The predicted molar refractivity (Wildman–Crippen MR) is 77.3 cm³/mol. The number of nitrogens with one attached hydrogen (secondary N) is 1. The van der Waals surface area contributed by atoms with Crippen LogP contribution >= 0.6 is 0 Å². The first-order valence-electron chi connectivity index (χ1n) is 7.77. The van der Waals surface area contributed by atoms with Crippen molar-refractivity contribution in [3.8, 4) is 0 Å². The fourth-order valence-corrected chi connectivity index (χ4v) is 2.98. The van der Waals surface area contributed by atoms with Gasteiger partial charge in [0.1, 0.15) is 0 Å². The van der Waals surface area contributed by atoms with Crippen LogP contribution in [-0.2, 0) is 0 Å². The molecule has 0 aromatic carbocycles. The van der Waals surface area contributed by atoms with E-state index in [1.165, 1.54) is 57.9 Å². The summed E-state index contributed by atoms with van der Waals surface area (Å²) < 4.78 is 0. The van der Waals surface area contributed by atoms with E-state index in [0.29, 0.717) is 5.41 Å². The van der Waals surface area contributed by atoms with Gasteiger partial charge in [-0.1, -0.05) is 59.8 Å². The molecular formula is C16H33N. The Balaban J connectivity index is 2.18. The van der Waals surface area contributed by atoms with E-state index in [4.69, 9.17) is 0 Å². The minimum absolute atomic E-state index is 0.482. The Bertz CT molecular complexity index is 198. The van der Waals surface area contributed by atoms with Crippen molar-refractivity contribution in [1.82, 2.24) is 5.32 Å². The molecule has 0 amide bonds. The lowest BCUT2D eigenvalue weighted by Crippen LogP contribution is -2.39. The molecule has 1 aliphatic rings. The third kappa shape index (κ3) is 6.45. The minimum Gasteiger partial charge on any atom is -0.313 e. The maximum Gasteiger partial charge on any atom is 0.00698 e. The summed E-state index contributed by atoms with van der Waals surface area (Å²) in [6.45, 7) is 10.7. The topological polar surface area (TPSA) is 12.0 Å². The van der Waals surface area contributed by atoms with Gasteiger partial charge in [-0.15, -0.1) is 0 Å². The van der Waals surface area contributed by atoms with Crippen LogP contribution in [0.2, 0.25) is 0 Å². The van der Waals surface area contributed by atoms with Crippen LogP contribution in [0.15, 0.2) is 0 Å². The average Bonchev–Trinajstić information content (AvgIpc) is 2.27. The molecule has 1 heteroatoms. The molecule has 2 atom stereocenters. The van der Waals surface area contributed by atoms with Gasteiger partial charge in [0.05, 0.1) is 0 Å². The standard InChI is InChI=1S/C16H33N/c1-5-6-7-11-16(3,4)13-17-15-10-8-9-14(2)12-15/h14-15,17H,5-13H2,1-4H3. The first-order valence-corrected chi connectivity index (χ1v) is 7.77. The molecule has 1 saturated carbocycles. The van der Waals surface area contributed by atoms with Crippen molar-refractivity contribution in [1.29, 1.82) is 0 Å². The molecule has 0 aromatic rings. The zero-order chi connectivity index (χ0) is 12.7. The third-order valence-corrected chi connectivity index (χ3v) is 4.26. The summed E-state index contributed by atoms with van der Waals surface area (Å²) in [4.78, 5) is 0. The van der Waals surface area contributed by atoms with Crippen LogP contribution in [0, 0.1) is 11.3 Å². The highest BCUT2D eigenvalue weighted by atomic mass is 14.9. The van der Waals surface area contributed by atoms with Gasteiger partial charge < -0.3 is 5.32 Å². The van der Waals surface area contributed by atoms with Gasteiger partial charge in [-0.3, -0.25) is 0 Å². The number of unbranched alkanes of at least 4 members (excludes halogenated alkanes) is 2. The van der Waals surface area contributed by atoms with E-state index in [1.54, 1.807) is 0 Å². The van der Waals surface area contributed by atoms with Crippen LogP contribution in [0.3, 0.4) is 0 Å². The SMILES string of the molecule is CCCCCC(C)(C)CNC1CCCC(C)C1. The van der Waals surface area contributed by atoms with E-state index in [-0.39, 0.29) is 0 Å². The summed E-state index contributed by atoms with van der Waals surface area (Å²) in [7, 11) is 0. The Morgan fingerprint density at radius 1 is 1.18 bits per heavy atom. The fourth-order valence-electron chi connectivity index (χ4n) is 2.98. The average molecular weight is 239 g/mol. The van der Waals surface area contributed by atoms with E-state index in [1.807, 2.05) is 0 Å². The number of hydrogen-bond acceptors (Lipinski definition) is 1. The lowest BCUT2D eigenvalue weighted by atomic mass is 9.84. The molecule has 0 heterocycles. The van der Waals surface area contributed by atoms with Crippen molar-refractivity contribution < 1.29 is 0 Å². The fraction of sp³-hybridized carbons (Fsp3) is 1.00. The first-order chi connectivity index (χ1) is 8.03. The van der Waals surface area contributed by atoms with Crippen LogP contribution in [0.25, 0.3) is 0 Å². The smallest absolute Gasteiger partial charge is 0.00698 e. The van der Waals surface area contributed by atoms with Crippen LogP contribution in [0.1, 0.15) is 79.1 Å². The predicted octanol–water partition coefficient (Wildman–Crippen LogP) is 4.76. The molecule has 1 aliphatic carbocycles. The van der Waals surface area contributed by atoms with Crippen LogP contribution in [-0.4, -0.2) is 12.6 Å². The lowest BCUT2D eigenvalue weighted by Gasteiger charge is -2.32. The largest absolute Gasteiger partial charge is 0.313 e. The van der Waals surface area contributed by atoms with Crippen LogP contribution in [0.5, 0.6) is 0 Å². The Morgan fingerprint density at radius 2 is 1.94 bits per heavy atom. The van der Waals surface area contributed by atoms with Crippen molar-refractivity contribution in [2.45, 2.75) is 85.1 Å². The molecule has 1 nitrogen and oxygen atoms in total. The van der Waals surface area contributed by atoms with E-state index in [0.717, 1.165) is 12.0 Å². The summed E-state index contributed by atoms with van der Waals surface area (Å²) in [5, 5.41) is 3.82. The molecule has 102 valence electrons. The highest BCUT2D eigenvalue weighted by molar-refractivity contribution is 4.79. The summed E-state index contributed by atoms with van der Waals surface area (Å²) in [6, 6.07) is 0.796. The zero-order valence-corrected chi connectivity index (χ0v) is 12.5. The van der Waals surface area contributed by atoms with Crippen molar-refractivity contribution in [3.05, 3.63) is 0 Å². The minimum atomic E-state index is 0.482. The molecule has 0 aliphatic heterocycles. The second-order valence-electron chi connectivity index (χ2n) is 6.97. The molecule has 1 N–H and O–H groups in total. The summed E-state index contributed by atoms with van der Waals surface area (Å²) in [6.07, 6.45) is 11.2. The van der Waals surface area contributed by atoms with E-state index >= 15 is 0 Å². The Hall–Kier alpha value is -0.0400. The Labute approximate surface area is 109 Å². The van der Waals surface area contributed by atoms with Gasteiger partial charge in [-0.05, 0) is 30.6 Å². The van der Waals surface area contributed by atoms with E-state index in [2.05, 4.69) is 33.0 Å². The molecule has 0 spiro atoms. The van der Waals surface area contributed by atoms with Crippen molar-refractivity contribution in [3.63, 3.8) is 0 Å². The number of rotatable bonds is 7. The zero-order valence-electron chi connectivity index (χ0n) is 12.5. The third-order valence-electron chi connectivity index (χ3n) is 4.26. The number of hydrogen-bond donors (Lipinski definition) is 1. The molecule has 2 unspecified atom stereocenters. The second kappa shape index (κ2) is 7.41. The molecule has 0 saturated heterocycles. The van der Waals surface area contributed by atoms with Gasteiger partial charge >= 0.3 is 0 Å². The molecule has 17 heavy (non-hydrogen) atoms. The van der Waals surface area contributed by atoms with E-state index < -0.39 is 0 Å². The molecule has 1 fully saturated rings. The second-order valence-corrected chi connectivity index (χ2v) is 6.97. The summed E-state index contributed by atoms with van der Waals surface area (Å²) in [5.41, 5.74) is 0.482. The highest BCUT2D eigenvalue weighted by Crippen LogP contribution is 2.26. The molecule has 0 aromatic heterocycles. The van der Waals surface area contributed by atoms with Crippen molar-refractivity contribution in [2.24, 2.45) is 11.3 Å². The molecule has 1 rings (SSSR count). The summed E-state index contributed by atoms with van der Waals surface area (Å²) in [5.74, 6) is 0.935. The summed E-state index contributed by atoms with van der Waals surface area (Å²) >= 11 is 0. The normalized spacial score (nSPS) is 26.1. The molecular weight excluding hydrogens is 206 g/mol. The molecule has 0 radical (unpaired) electrons. The van der Waals surface area contributed by atoms with Crippen LogP contribution < -0.4 is 5.32 Å². The van der Waals surface area contributed by atoms with Crippen LogP contribution in [0.4, 0.5) is 0 Å². The van der Waals surface area contributed by atoms with Gasteiger partial charge in [0, 0.05) is 12.6 Å². The maximum atomic E-state index is 3.82. The monoisotopic (exact) mass is 239 g/mol. The van der Waals surface area contributed by atoms with Gasteiger partial charge in [-0.25, -0.2) is 0 Å². The Morgan fingerprint density at radius 3 is 2.59 bits per heavy atom. The molecule has 0 bridgehead atoms. The van der Waals surface area contributed by atoms with Crippen molar-refractivity contribution in [2.75, 3.05) is 6.54 Å². The van der Waals surface area contributed by atoms with Gasteiger partial charge in [0.25, 0.3) is 0 Å². The highest BCUT2D eigenvalue weighted by Gasteiger charge is 2.22. The lowest BCUT2D eigenvalue weighted by molar-refractivity contribution is 0.244.